The number of hydrogen-bond donors (Lipinski definition) is 0. The lowest BCUT2D eigenvalue weighted by atomic mass is 9.84. The van der Waals surface area contributed by atoms with Crippen LogP contribution in [0.25, 0.3) is 0 Å². The molecule has 238 valence electrons. The highest BCUT2D eigenvalue weighted by Gasteiger charge is 2.44. The van der Waals surface area contributed by atoms with Crippen molar-refractivity contribution in [3.63, 3.8) is 0 Å². The predicted molar refractivity (Wildman–Crippen MR) is 177 cm³/mol. The third-order valence-electron chi connectivity index (χ3n) is 10.3. The zero-order chi connectivity index (χ0) is 30.5. The Bertz CT molecular complexity index is 1280. The van der Waals surface area contributed by atoms with Crippen LogP contribution in [0.15, 0.2) is 47.5 Å². The molecule has 0 N–H and O–H groups in total. The average Bonchev–Trinajstić information content (AvgIpc) is 3.74. The van der Waals surface area contributed by atoms with E-state index in [1.165, 1.54) is 58.0 Å². The predicted octanol–water partition coefficient (Wildman–Crippen LogP) is 7.96. The van der Waals surface area contributed by atoms with Gasteiger partial charge in [0.05, 0.1) is 31.4 Å². The van der Waals surface area contributed by atoms with Crippen molar-refractivity contribution < 1.29 is 14.3 Å². The second-order valence-corrected chi connectivity index (χ2v) is 13.4. The Morgan fingerprint density at radius 1 is 0.909 bits per heavy atom. The summed E-state index contributed by atoms with van der Waals surface area (Å²) in [4.78, 5) is 26.9. The van der Waals surface area contributed by atoms with Gasteiger partial charge in [0.25, 0.3) is 0 Å². The maximum absolute atomic E-state index is 14.8. The molecule has 8 heteroatoms. The molecular formula is C36H49ClN4O3. The monoisotopic (exact) mass is 620 g/mol. The minimum absolute atomic E-state index is 0.0435. The van der Waals surface area contributed by atoms with Gasteiger partial charge in [-0.25, -0.2) is 4.79 Å². The molecule has 1 aliphatic carbocycles. The lowest BCUT2D eigenvalue weighted by Crippen LogP contribution is -2.52. The van der Waals surface area contributed by atoms with Gasteiger partial charge in [-0.1, -0.05) is 55.8 Å². The molecule has 0 spiro atoms. The number of rotatable bonds is 9. The molecule has 0 radical (unpaired) electrons. The fourth-order valence-electron chi connectivity index (χ4n) is 7.91. The largest absolute Gasteiger partial charge is 0.497 e. The number of methoxy groups -OCH3 is 1. The summed E-state index contributed by atoms with van der Waals surface area (Å²) in [6.45, 7) is 6.42. The SMILES string of the molecule is CCOc1cc(OC)ccc1C1=NC(CCC2CCCCC2)[C@H](c2ccc(Cl)cc2)N1C(=O)N1CCC(N2CCCC2)CC1. The molecule has 2 atom stereocenters. The summed E-state index contributed by atoms with van der Waals surface area (Å²) in [5.74, 6) is 2.86. The third kappa shape index (κ3) is 6.89. The fourth-order valence-corrected chi connectivity index (χ4v) is 8.04. The van der Waals surface area contributed by atoms with Crippen molar-refractivity contribution in [2.45, 2.75) is 95.7 Å². The van der Waals surface area contributed by atoms with Crippen LogP contribution in [-0.2, 0) is 0 Å². The number of ether oxygens (including phenoxy) is 2. The van der Waals surface area contributed by atoms with Gasteiger partial charge in [-0.15, -0.1) is 0 Å². The van der Waals surface area contributed by atoms with Crippen LogP contribution in [0.1, 0.15) is 94.7 Å². The molecule has 0 aromatic heterocycles. The number of carbonyl (C=O) groups excluding carboxylic acids is 1. The zero-order valence-electron chi connectivity index (χ0n) is 26.6. The lowest BCUT2D eigenvalue weighted by Gasteiger charge is -2.40. The molecule has 3 aliphatic heterocycles. The van der Waals surface area contributed by atoms with Crippen LogP contribution in [0, 0.1) is 5.92 Å². The number of amides is 2. The molecule has 3 fully saturated rings. The number of benzene rings is 2. The van der Waals surface area contributed by atoms with Crippen LogP contribution in [0.2, 0.25) is 5.02 Å². The van der Waals surface area contributed by atoms with Gasteiger partial charge in [0.2, 0.25) is 0 Å². The Morgan fingerprint density at radius 2 is 1.64 bits per heavy atom. The van der Waals surface area contributed by atoms with Crippen molar-refractivity contribution in [2.75, 3.05) is 39.9 Å². The Hall–Kier alpha value is -2.77. The molecule has 6 rings (SSSR count). The molecule has 2 aromatic rings. The first-order valence-corrected chi connectivity index (χ1v) is 17.4. The fraction of sp³-hybridized carbons (Fsp3) is 0.611. The number of amidine groups is 1. The summed E-state index contributed by atoms with van der Waals surface area (Å²) in [7, 11) is 1.66. The molecule has 44 heavy (non-hydrogen) atoms. The van der Waals surface area contributed by atoms with Crippen LogP contribution in [0.5, 0.6) is 11.5 Å². The van der Waals surface area contributed by atoms with Crippen molar-refractivity contribution in [1.29, 1.82) is 0 Å². The molecule has 3 heterocycles. The van der Waals surface area contributed by atoms with E-state index in [1.54, 1.807) is 7.11 Å². The first kappa shape index (κ1) is 31.2. The van der Waals surface area contributed by atoms with E-state index < -0.39 is 0 Å². The van der Waals surface area contributed by atoms with E-state index in [4.69, 9.17) is 26.1 Å². The number of halogens is 1. The standard InChI is InChI=1S/C36H49ClN4O3/c1-3-44-33-25-30(43-2)16-17-31(33)35-38-32(18-11-26-9-5-4-6-10-26)34(27-12-14-28(37)15-13-27)41(35)36(42)40-23-19-29(20-24-40)39-21-7-8-22-39/h12-17,25-26,29,32,34H,3-11,18-24H2,1-2H3/t32?,34-/m0/s1. The minimum Gasteiger partial charge on any atom is -0.497 e. The summed E-state index contributed by atoms with van der Waals surface area (Å²) in [5.41, 5.74) is 1.92. The molecule has 0 bridgehead atoms. The summed E-state index contributed by atoms with van der Waals surface area (Å²) in [5, 5.41) is 0.697. The second kappa shape index (κ2) is 14.6. The second-order valence-electron chi connectivity index (χ2n) is 13.0. The molecular weight excluding hydrogens is 572 g/mol. The van der Waals surface area contributed by atoms with Crippen molar-refractivity contribution in [1.82, 2.24) is 14.7 Å². The lowest BCUT2D eigenvalue weighted by molar-refractivity contribution is 0.117. The summed E-state index contributed by atoms with van der Waals surface area (Å²) in [6.07, 6.45) is 13.3. The Labute approximate surface area is 268 Å². The van der Waals surface area contributed by atoms with E-state index in [0.29, 0.717) is 29.3 Å². The highest BCUT2D eigenvalue weighted by molar-refractivity contribution is 6.30. The van der Waals surface area contributed by atoms with Gasteiger partial charge in [-0.05, 0) is 94.3 Å². The van der Waals surface area contributed by atoms with Crippen LogP contribution >= 0.6 is 11.6 Å². The number of carbonyl (C=O) groups is 1. The summed E-state index contributed by atoms with van der Waals surface area (Å²) in [6, 6.07) is 14.3. The van der Waals surface area contributed by atoms with E-state index in [0.717, 1.165) is 61.6 Å². The van der Waals surface area contributed by atoms with Gasteiger partial charge in [0.1, 0.15) is 17.3 Å². The molecule has 2 saturated heterocycles. The first-order chi connectivity index (χ1) is 21.6. The number of likely N-dealkylation sites (tertiary alicyclic amines) is 2. The van der Waals surface area contributed by atoms with Crippen molar-refractivity contribution >= 4 is 23.5 Å². The van der Waals surface area contributed by atoms with E-state index in [9.17, 15) is 4.79 Å². The van der Waals surface area contributed by atoms with Crippen molar-refractivity contribution in [3.05, 3.63) is 58.6 Å². The first-order valence-electron chi connectivity index (χ1n) is 17.0. The van der Waals surface area contributed by atoms with Gasteiger partial charge >= 0.3 is 6.03 Å². The molecule has 4 aliphatic rings. The topological polar surface area (TPSA) is 57.6 Å². The maximum Gasteiger partial charge on any atom is 0.326 e. The average molecular weight is 621 g/mol. The number of piperidine rings is 1. The molecule has 2 aromatic carbocycles. The summed E-state index contributed by atoms with van der Waals surface area (Å²) >= 11 is 6.36. The van der Waals surface area contributed by atoms with E-state index in [1.807, 2.05) is 42.2 Å². The smallest absolute Gasteiger partial charge is 0.326 e. The van der Waals surface area contributed by atoms with Gasteiger partial charge < -0.3 is 19.3 Å². The van der Waals surface area contributed by atoms with E-state index in [-0.39, 0.29) is 18.1 Å². The van der Waals surface area contributed by atoms with Crippen molar-refractivity contribution in [3.8, 4) is 11.5 Å². The number of urea groups is 1. The van der Waals surface area contributed by atoms with Crippen molar-refractivity contribution in [2.24, 2.45) is 10.9 Å². The highest BCUT2D eigenvalue weighted by atomic mass is 35.5. The third-order valence-corrected chi connectivity index (χ3v) is 10.5. The van der Waals surface area contributed by atoms with Crippen LogP contribution < -0.4 is 9.47 Å². The van der Waals surface area contributed by atoms with Gasteiger partial charge in [-0.3, -0.25) is 9.89 Å². The molecule has 1 saturated carbocycles. The van der Waals surface area contributed by atoms with E-state index in [2.05, 4.69) is 21.9 Å². The summed E-state index contributed by atoms with van der Waals surface area (Å²) < 4.78 is 11.7. The van der Waals surface area contributed by atoms with Crippen LogP contribution in [-0.4, -0.2) is 78.5 Å². The van der Waals surface area contributed by atoms with Gasteiger partial charge in [-0.2, -0.15) is 0 Å². The van der Waals surface area contributed by atoms with Gasteiger partial charge in [0.15, 0.2) is 0 Å². The Kier molecular flexibility index (Phi) is 10.3. The quantitative estimate of drug-likeness (QED) is 0.285. The molecule has 7 nitrogen and oxygen atoms in total. The molecule has 1 unspecified atom stereocenters. The van der Waals surface area contributed by atoms with Gasteiger partial charge in [0, 0.05) is 30.2 Å². The number of aliphatic imine (C=N–C) groups is 1. The Morgan fingerprint density at radius 3 is 2.32 bits per heavy atom. The highest BCUT2D eigenvalue weighted by Crippen LogP contribution is 2.41. The maximum atomic E-state index is 14.8. The normalized spacial score (nSPS) is 23.7. The Balaban J connectivity index is 1.35. The molecule has 2 amide bonds. The zero-order valence-corrected chi connectivity index (χ0v) is 27.3. The minimum atomic E-state index is -0.203. The number of nitrogens with zero attached hydrogens (tertiary/aromatic N) is 4. The number of hydrogen-bond acceptors (Lipinski definition) is 5. The van der Waals surface area contributed by atoms with E-state index >= 15 is 0 Å². The van der Waals surface area contributed by atoms with Crippen LogP contribution in [0.4, 0.5) is 4.79 Å². The van der Waals surface area contributed by atoms with Crippen LogP contribution in [0.3, 0.4) is 0 Å².